The number of aliphatic hydroxyl groups excluding tert-OH is 1. The van der Waals surface area contributed by atoms with Crippen molar-refractivity contribution in [3.05, 3.63) is 24.3 Å². The highest BCUT2D eigenvalue weighted by Crippen LogP contribution is 2.44. The summed E-state index contributed by atoms with van der Waals surface area (Å²) >= 11 is 0. The monoisotopic (exact) mass is 394 g/mol. The summed E-state index contributed by atoms with van der Waals surface area (Å²) in [5, 5.41) is 16.6. The van der Waals surface area contributed by atoms with Crippen LogP contribution in [0.2, 0.25) is 0 Å². The summed E-state index contributed by atoms with van der Waals surface area (Å²) in [7, 11) is 0. The lowest BCUT2D eigenvalue weighted by Crippen LogP contribution is -2.44. The van der Waals surface area contributed by atoms with Crippen molar-refractivity contribution in [1.29, 1.82) is 0 Å². The Balaban J connectivity index is 0.00000210. The maximum absolute atomic E-state index is 13.0. The van der Waals surface area contributed by atoms with Gasteiger partial charge in [-0.1, -0.05) is 19.3 Å². The van der Waals surface area contributed by atoms with Crippen molar-refractivity contribution in [3.8, 4) is 5.75 Å². The smallest absolute Gasteiger partial charge is 0.232 e. The summed E-state index contributed by atoms with van der Waals surface area (Å²) in [6.07, 6.45) is 7.91. The number of nitrogens with one attached hydrogen (secondary N) is 2. The minimum Gasteiger partial charge on any atom is -0.488 e. The van der Waals surface area contributed by atoms with Crippen LogP contribution in [0.25, 0.3) is 0 Å². The quantitative estimate of drug-likeness (QED) is 0.730. The fourth-order valence-corrected chi connectivity index (χ4v) is 4.95. The zero-order chi connectivity index (χ0) is 18.0. The number of aliphatic hydroxyl groups is 1. The fraction of sp³-hybridized carbons (Fsp3) is 0.667. The van der Waals surface area contributed by atoms with Crippen LogP contribution in [0.3, 0.4) is 0 Å². The minimum atomic E-state index is -0.375. The van der Waals surface area contributed by atoms with Gasteiger partial charge in [0.05, 0.1) is 11.5 Å². The molecule has 3 fully saturated rings. The van der Waals surface area contributed by atoms with E-state index < -0.39 is 0 Å². The topological polar surface area (TPSA) is 70.6 Å². The predicted molar refractivity (Wildman–Crippen MR) is 108 cm³/mol. The van der Waals surface area contributed by atoms with Crippen LogP contribution >= 0.6 is 12.4 Å². The van der Waals surface area contributed by atoms with Crippen molar-refractivity contribution < 1.29 is 14.6 Å². The average Bonchev–Trinajstić information content (AvgIpc) is 3.10. The molecule has 6 heteroatoms. The van der Waals surface area contributed by atoms with Gasteiger partial charge in [0.2, 0.25) is 5.91 Å². The Morgan fingerprint density at radius 3 is 2.63 bits per heavy atom. The Morgan fingerprint density at radius 2 is 1.85 bits per heavy atom. The normalized spacial score (nSPS) is 32.9. The van der Waals surface area contributed by atoms with Gasteiger partial charge < -0.3 is 20.5 Å². The first-order valence-electron chi connectivity index (χ1n) is 10.1. The van der Waals surface area contributed by atoms with Gasteiger partial charge in [-0.3, -0.25) is 4.79 Å². The van der Waals surface area contributed by atoms with Gasteiger partial charge in [-0.25, -0.2) is 0 Å². The number of ether oxygens (including phenoxy) is 1. The molecule has 1 aromatic rings. The number of hydrogen-bond donors (Lipinski definition) is 3. The van der Waals surface area contributed by atoms with Gasteiger partial charge in [0.15, 0.2) is 0 Å². The van der Waals surface area contributed by atoms with Gasteiger partial charge in [0, 0.05) is 12.2 Å². The summed E-state index contributed by atoms with van der Waals surface area (Å²) in [6, 6.07) is 7.58. The number of rotatable bonds is 4. The molecule has 1 aliphatic heterocycles. The second-order valence-corrected chi connectivity index (χ2v) is 8.22. The first kappa shape index (κ1) is 20.4. The minimum absolute atomic E-state index is 0. The number of fused-ring (bicyclic) bond motifs is 1. The molecule has 0 aromatic heterocycles. The van der Waals surface area contributed by atoms with Crippen LogP contribution in [0, 0.1) is 11.3 Å². The number of halogens is 1. The molecule has 4 atom stereocenters. The molecule has 1 amide bonds. The molecule has 4 rings (SSSR count). The van der Waals surface area contributed by atoms with Crippen molar-refractivity contribution in [3.63, 3.8) is 0 Å². The molecule has 1 aromatic carbocycles. The van der Waals surface area contributed by atoms with E-state index in [9.17, 15) is 9.90 Å². The standard InChI is InChI=1S/C21H30N2O3.ClH/c24-18-6-1-2-7-19(18)26-17-10-8-16(9-11-17)23-20(25)21-12-4-3-5-15(21)13-22-14-21;/h8-11,15,18-19,22,24H,1-7,12-14H2,(H,23,25);1H/t15-,18?,19?,21+;/m0./s1. The lowest BCUT2D eigenvalue weighted by molar-refractivity contribution is -0.128. The van der Waals surface area contributed by atoms with Crippen LogP contribution in [0.1, 0.15) is 51.4 Å². The van der Waals surface area contributed by atoms with E-state index >= 15 is 0 Å². The van der Waals surface area contributed by atoms with Crippen LogP contribution in [0.15, 0.2) is 24.3 Å². The maximum atomic E-state index is 13.0. The Labute approximate surface area is 167 Å². The van der Waals surface area contributed by atoms with E-state index in [2.05, 4.69) is 10.6 Å². The maximum Gasteiger partial charge on any atom is 0.232 e. The number of hydrogen-bond acceptors (Lipinski definition) is 4. The van der Waals surface area contributed by atoms with E-state index in [0.29, 0.717) is 5.92 Å². The Bertz CT molecular complexity index is 639. The molecular formula is C21H31ClN2O3. The van der Waals surface area contributed by atoms with Crippen molar-refractivity contribution in [1.82, 2.24) is 5.32 Å². The molecule has 5 nitrogen and oxygen atoms in total. The van der Waals surface area contributed by atoms with E-state index in [-0.39, 0.29) is 35.9 Å². The lowest BCUT2D eigenvalue weighted by Gasteiger charge is -2.37. The van der Waals surface area contributed by atoms with Gasteiger partial charge in [0.1, 0.15) is 11.9 Å². The van der Waals surface area contributed by atoms with Gasteiger partial charge in [-0.15, -0.1) is 12.4 Å². The van der Waals surface area contributed by atoms with E-state index in [1.807, 2.05) is 24.3 Å². The molecule has 27 heavy (non-hydrogen) atoms. The van der Waals surface area contributed by atoms with E-state index in [0.717, 1.165) is 69.5 Å². The zero-order valence-corrected chi connectivity index (χ0v) is 16.6. The van der Waals surface area contributed by atoms with Gasteiger partial charge >= 0.3 is 0 Å². The van der Waals surface area contributed by atoms with E-state index in [1.165, 1.54) is 6.42 Å². The lowest BCUT2D eigenvalue weighted by atomic mass is 9.67. The summed E-state index contributed by atoms with van der Waals surface area (Å²) in [6.45, 7) is 1.76. The number of carbonyl (C=O) groups excluding carboxylic acids is 1. The van der Waals surface area contributed by atoms with Gasteiger partial charge in [-0.05, 0) is 68.8 Å². The highest BCUT2D eigenvalue weighted by atomic mass is 35.5. The Hall–Kier alpha value is -1.30. The third-order valence-electron chi connectivity index (χ3n) is 6.56. The molecule has 2 saturated carbocycles. The molecule has 0 bridgehead atoms. The van der Waals surface area contributed by atoms with Crippen LogP contribution in [0.4, 0.5) is 5.69 Å². The summed E-state index contributed by atoms with van der Waals surface area (Å²) in [4.78, 5) is 13.0. The molecule has 3 aliphatic rings. The first-order chi connectivity index (χ1) is 12.7. The molecule has 0 radical (unpaired) electrons. The van der Waals surface area contributed by atoms with Crippen molar-refractivity contribution in [2.45, 2.75) is 63.6 Å². The van der Waals surface area contributed by atoms with Crippen LogP contribution in [-0.4, -0.2) is 36.3 Å². The largest absolute Gasteiger partial charge is 0.488 e. The summed E-state index contributed by atoms with van der Waals surface area (Å²) in [5.41, 5.74) is 0.580. The van der Waals surface area contributed by atoms with Crippen molar-refractivity contribution in [2.75, 3.05) is 18.4 Å². The molecule has 1 saturated heterocycles. The first-order valence-corrected chi connectivity index (χ1v) is 10.1. The third kappa shape index (κ3) is 4.25. The van der Waals surface area contributed by atoms with Crippen molar-refractivity contribution >= 4 is 24.0 Å². The fourth-order valence-electron chi connectivity index (χ4n) is 4.95. The second kappa shape index (κ2) is 8.80. The van der Waals surface area contributed by atoms with Gasteiger partial charge in [0.25, 0.3) is 0 Å². The summed E-state index contributed by atoms with van der Waals surface area (Å²) in [5.74, 6) is 1.38. The van der Waals surface area contributed by atoms with E-state index in [1.54, 1.807) is 0 Å². The zero-order valence-electron chi connectivity index (χ0n) is 15.8. The molecule has 0 spiro atoms. The molecular weight excluding hydrogens is 364 g/mol. The Kier molecular flexibility index (Phi) is 6.66. The van der Waals surface area contributed by atoms with Crippen LogP contribution in [0.5, 0.6) is 5.75 Å². The third-order valence-corrected chi connectivity index (χ3v) is 6.56. The van der Waals surface area contributed by atoms with Crippen molar-refractivity contribution in [2.24, 2.45) is 11.3 Å². The van der Waals surface area contributed by atoms with Gasteiger partial charge in [-0.2, -0.15) is 0 Å². The SMILES string of the molecule is Cl.O=C(Nc1ccc(OC2CCCCC2O)cc1)[C@@]12CCCC[C@H]1CNC2. The number of carbonyl (C=O) groups is 1. The van der Waals surface area contributed by atoms with E-state index in [4.69, 9.17) is 4.74 Å². The highest BCUT2D eigenvalue weighted by molar-refractivity contribution is 5.96. The number of benzene rings is 1. The predicted octanol–water partition coefficient (Wildman–Crippen LogP) is 3.51. The molecule has 1 heterocycles. The Morgan fingerprint density at radius 1 is 1.11 bits per heavy atom. The molecule has 2 aliphatic carbocycles. The van der Waals surface area contributed by atoms with Crippen LogP contribution in [-0.2, 0) is 4.79 Å². The second-order valence-electron chi connectivity index (χ2n) is 8.22. The summed E-state index contributed by atoms with van der Waals surface area (Å²) < 4.78 is 5.94. The number of anilines is 1. The molecule has 2 unspecified atom stereocenters. The molecule has 150 valence electrons. The number of amides is 1. The average molecular weight is 395 g/mol. The molecule has 3 N–H and O–H groups in total. The highest BCUT2D eigenvalue weighted by Gasteiger charge is 2.49. The van der Waals surface area contributed by atoms with Crippen LogP contribution < -0.4 is 15.4 Å².